The Balaban J connectivity index is 1.80. The Bertz CT molecular complexity index is 411. The van der Waals surface area contributed by atoms with Crippen molar-refractivity contribution in [3.05, 3.63) is 0 Å². The highest BCUT2D eigenvalue weighted by molar-refractivity contribution is 5.83. The monoisotopic (exact) mass is 278 g/mol. The van der Waals surface area contributed by atoms with Gasteiger partial charge in [0.2, 0.25) is 5.91 Å². The van der Waals surface area contributed by atoms with Crippen molar-refractivity contribution in [2.75, 3.05) is 19.6 Å². The Kier molecular flexibility index (Phi) is 3.20. The number of rotatable bonds is 1. The molecule has 2 aliphatic heterocycles. The van der Waals surface area contributed by atoms with Gasteiger partial charge in [0, 0.05) is 19.1 Å². The van der Waals surface area contributed by atoms with Gasteiger partial charge >= 0.3 is 0 Å². The molecule has 2 heterocycles. The van der Waals surface area contributed by atoms with Gasteiger partial charge in [-0.1, -0.05) is 20.8 Å². The summed E-state index contributed by atoms with van der Waals surface area (Å²) in [5.74, 6) is 0.413. The van der Waals surface area contributed by atoms with Gasteiger partial charge in [-0.3, -0.25) is 4.79 Å². The van der Waals surface area contributed by atoms with E-state index >= 15 is 0 Å². The molecule has 0 aromatic heterocycles. The summed E-state index contributed by atoms with van der Waals surface area (Å²) in [5, 5.41) is 3.42. The van der Waals surface area contributed by atoms with Crippen LogP contribution >= 0.6 is 0 Å². The van der Waals surface area contributed by atoms with Crippen LogP contribution in [0.3, 0.4) is 0 Å². The molecule has 0 aromatic carbocycles. The van der Waals surface area contributed by atoms with Gasteiger partial charge in [-0.2, -0.15) is 0 Å². The second-order valence-corrected chi connectivity index (χ2v) is 8.99. The molecular weight excluding hydrogens is 248 g/mol. The lowest BCUT2D eigenvalue weighted by atomic mass is 9.65. The maximum absolute atomic E-state index is 13.1. The van der Waals surface area contributed by atoms with Gasteiger partial charge in [-0.15, -0.1) is 0 Å². The van der Waals surface area contributed by atoms with Crippen molar-refractivity contribution in [1.29, 1.82) is 0 Å². The van der Waals surface area contributed by atoms with Crippen LogP contribution in [0, 0.1) is 16.2 Å². The van der Waals surface area contributed by atoms with Gasteiger partial charge in [0.25, 0.3) is 0 Å². The van der Waals surface area contributed by atoms with E-state index in [4.69, 9.17) is 0 Å². The van der Waals surface area contributed by atoms with Crippen LogP contribution in [0.2, 0.25) is 0 Å². The van der Waals surface area contributed by atoms with Gasteiger partial charge < -0.3 is 10.2 Å². The summed E-state index contributed by atoms with van der Waals surface area (Å²) in [5.41, 5.74) is 0.565. The van der Waals surface area contributed by atoms with Crippen molar-refractivity contribution in [1.82, 2.24) is 10.2 Å². The van der Waals surface area contributed by atoms with Crippen molar-refractivity contribution in [2.45, 2.75) is 65.8 Å². The summed E-state index contributed by atoms with van der Waals surface area (Å²) in [7, 11) is 0. The smallest absolute Gasteiger partial charge is 0.230 e. The number of carbonyl (C=O) groups excluding carboxylic acids is 1. The molecule has 3 atom stereocenters. The molecule has 3 fully saturated rings. The molecule has 1 N–H and O–H groups in total. The van der Waals surface area contributed by atoms with Crippen molar-refractivity contribution in [3.63, 3.8) is 0 Å². The molecule has 3 rings (SSSR count). The summed E-state index contributed by atoms with van der Waals surface area (Å²) >= 11 is 0. The predicted molar refractivity (Wildman–Crippen MR) is 81.5 cm³/mol. The zero-order chi connectivity index (χ0) is 14.6. The molecule has 1 saturated carbocycles. The molecule has 3 heteroatoms. The highest BCUT2D eigenvalue weighted by Gasteiger charge is 2.53. The Morgan fingerprint density at radius 1 is 1.20 bits per heavy atom. The largest absolute Gasteiger partial charge is 0.339 e. The van der Waals surface area contributed by atoms with Crippen molar-refractivity contribution in [3.8, 4) is 0 Å². The number of amides is 1. The number of nitrogens with zero attached hydrogens (tertiary/aromatic N) is 1. The highest BCUT2D eigenvalue weighted by Crippen LogP contribution is 2.53. The third-order valence-corrected chi connectivity index (χ3v) is 5.79. The minimum atomic E-state index is -0.170. The second kappa shape index (κ2) is 4.46. The summed E-state index contributed by atoms with van der Waals surface area (Å²) in [6, 6.07) is 0.481. The Morgan fingerprint density at radius 3 is 2.60 bits per heavy atom. The molecule has 3 unspecified atom stereocenters. The molecule has 1 aliphatic carbocycles. The van der Waals surface area contributed by atoms with Gasteiger partial charge in [-0.05, 0) is 56.4 Å². The second-order valence-electron chi connectivity index (χ2n) is 8.99. The topological polar surface area (TPSA) is 32.3 Å². The molecule has 114 valence electrons. The van der Waals surface area contributed by atoms with Crippen LogP contribution < -0.4 is 5.32 Å². The highest BCUT2D eigenvalue weighted by atomic mass is 16.2. The van der Waals surface area contributed by atoms with E-state index in [1.807, 2.05) is 0 Å². The van der Waals surface area contributed by atoms with Gasteiger partial charge in [0.1, 0.15) is 0 Å². The van der Waals surface area contributed by atoms with Crippen LogP contribution in [0.4, 0.5) is 0 Å². The zero-order valence-corrected chi connectivity index (χ0v) is 13.6. The first kappa shape index (κ1) is 14.4. The lowest BCUT2D eigenvalue weighted by molar-refractivity contribution is -0.143. The van der Waals surface area contributed by atoms with E-state index in [0.29, 0.717) is 22.8 Å². The molecule has 1 amide bonds. The van der Waals surface area contributed by atoms with Gasteiger partial charge in [-0.25, -0.2) is 0 Å². The van der Waals surface area contributed by atoms with Crippen LogP contribution in [-0.2, 0) is 4.79 Å². The first-order chi connectivity index (χ1) is 9.23. The van der Waals surface area contributed by atoms with Crippen LogP contribution in [0.25, 0.3) is 0 Å². The van der Waals surface area contributed by atoms with E-state index in [1.54, 1.807) is 0 Å². The van der Waals surface area contributed by atoms with Crippen molar-refractivity contribution in [2.24, 2.45) is 16.2 Å². The molecule has 3 aliphatic rings. The van der Waals surface area contributed by atoms with E-state index in [0.717, 1.165) is 32.5 Å². The summed E-state index contributed by atoms with van der Waals surface area (Å²) in [6.07, 6.45) is 5.82. The zero-order valence-electron chi connectivity index (χ0n) is 13.6. The van der Waals surface area contributed by atoms with Crippen molar-refractivity contribution >= 4 is 5.91 Å². The number of hydrogen-bond acceptors (Lipinski definition) is 2. The summed E-state index contributed by atoms with van der Waals surface area (Å²) in [6.45, 7) is 12.2. The number of likely N-dealkylation sites (tertiary alicyclic amines) is 1. The Morgan fingerprint density at radius 2 is 1.95 bits per heavy atom. The predicted octanol–water partition coefficient (Wildman–Crippen LogP) is 2.80. The first-order valence-electron chi connectivity index (χ1n) is 8.25. The average molecular weight is 278 g/mol. The van der Waals surface area contributed by atoms with Crippen LogP contribution in [0.1, 0.15) is 59.8 Å². The quantitative estimate of drug-likeness (QED) is 0.800. The number of fused-ring (bicyclic) bond motifs is 2. The summed E-state index contributed by atoms with van der Waals surface area (Å²) in [4.78, 5) is 15.4. The van der Waals surface area contributed by atoms with Gasteiger partial charge in [0.15, 0.2) is 0 Å². The fraction of sp³-hybridized carbons (Fsp3) is 0.941. The fourth-order valence-electron chi connectivity index (χ4n) is 5.28. The van der Waals surface area contributed by atoms with Crippen LogP contribution in [0.5, 0.6) is 0 Å². The Labute approximate surface area is 123 Å². The third kappa shape index (κ3) is 2.38. The number of hydrogen-bond donors (Lipinski definition) is 1. The number of nitrogens with one attached hydrogen (secondary N) is 1. The minimum Gasteiger partial charge on any atom is -0.339 e. The average Bonchev–Trinajstić information content (AvgIpc) is 2.58. The van der Waals surface area contributed by atoms with E-state index in [9.17, 15) is 4.79 Å². The van der Waals surface area contributed by atoms with E-state index in [1.165, 1.54) is 19.3 Å². The van der Waals surface area contributed by atoms with E-state index < -0.39 is 0 Å². The van der Waals surface area contributed by atoms with Gasteiger partial charge in [0.05, 0.1) is 5.41 Å². The van der Waals surface area contributed by atoms with Crippen LogP contribution in [-0.4, -0.2) is 36.5 Å². The van der Waals surface area contributed by atoms with E-state index in [2.05, 4.69) is 37.9 Å². The molecule has 2 bridgehead atoms. The normalized spacial score (nSPS) is 43.6. The van der Waals surface area contributed by atoms with Crippen LogP contribution in [0.15, 0.2) is 0 Å². The Hall–Kier alpha value is -0.570. The molecule has 0 spiro atoms. The number of piperidine rings is 1. The lowest BCUT2D eigenvalue weighted by Crippen LogP contribution is -2.51. The first-order valence-corrected chi connectivity index (χ1v) is 8.25. The maximum atomic E-state index is 13.1. The molecule has 2 saturated heterocycles. The third-order valence-electron chi connectivity index (χ3n) is 5.79. The standard InChI is InChI=1S/C17H30N2O/c1-15(2)8-13-9-16(3,10-15)12-19(13)14(20)17(4)6-5-7-18-11-17/h13,18H,5-12H2,1-4H3. The minimum absolute atomic E-state index is 0.170. The van der Waals surface area contributed by atoms with E-state index in [-0.39, 0.29) is 5.41 Å². The lowest BCUT2D eigenvalue weighted by Gasteiger charge is -2.41. The SMILES string of the molecule is CC1(C)CC2CC(C)(CN2C(=O)C2(C)CCCNC2)C1. The number of carbonyl (C=O) groups is 1. The summed E-state index contributed by atoms with van der Waals surface area (Å²) < 4.78 is 0. The fourth-order valence-corrected chi connectivity index (χ4v) is 5.28. The molecule has 0 aromatic rings. The molecular formula is C17H30N2O. The molecule has 3 nitrogen and oxygen atoms in total. The van der Waals surface area contributed by atoms with Crippen molar-refractivity contribution < 1.29 is 4.79 Å². The molecule has 0 radical (unpaired) electrons. The molecule has 20 heavy (non-hydrogen) atoms. The maximum Gasteiger partial charge on any atom is 0.230 e.